The monoisotopic (exact) mass is 412 g/mol. The molecule has 0 amide bonds. The predicted octanol–water partition coefficient (Wildman–Crippen LogP) is 6.59. The van der Waals surface area contributed by atoms with Gasteiger partial charge in [-0.05, 0) is 60.4 Å². The van der Waals surface area contributed by atoms with Gasteiger partial charge in [0, 0.05) is 17.2 Å². The van der Waals surface area contributed by atoms with Crippen LogP contribution in [0.4, 0.5) is 0 Å². The zero-order chi connectivity index (χ0) is 21.8. The van der Waals surface area contributed by atoms with Crippen LogP contribution in [0.25, 0.3) is 11.5 Å². The highest BCUT2D eigenvalue weighted by Gasteiger charge is 2.32. The average molecular weight is 413 g/mol. The Morgan fingerprint density at radius 3 is 2.16 bits per heavy atom. The van der Waals surface area contributed by atoms with Crippen molar-refractivity contribution < 1.29 is 9.15 Å². The van der Waals surface area contributed by atoms with Crippen LogP contribution < -0.4 is 4.74 Å². The Morgan fingerprint density at radius 1 is 0.935 bits per heavy atom. The van der Waals surface area contributed by atoms with Crippen molar-refractivity contribution in [1.29, 1.82) is 0 Å². The molecule has 0 radical (unpaired) electrons. The molecule has 0 aliphatic carbocycles. The molecule has 0 bridgehead atoms. The van der Waals surface area contributed by atoms with Gasteiger partial charge in [0.25, 0.3) is 0 Å². The lowest BCUT2D eigenvalue weighted by Gasteiger charge is -2.35. The van der Waals surface area contributed by atoms with Gasteiger partial charge in [-0.2, -0.15) is 0 Å². The lowest BCUT2D eigenvalue weighted by Crippen LogP contribution is -2.30. The van der Waals surface area contributed by atoms with Crippen molar-refractivity contribution in [3.8, 4) is 17.2 Å². The van der Waals surface area contributed by atoms with Gasteiger partial charge in [0.15, 0.2) is 0 Å². The molecular formula is C27H28N2O2. The van der Waals surface area contributed by atoms with Crippen LogP contribution in [0.15, 0.2) is 83.6 Å². The van der Waals surface area contributed by atoms with Crippen molar-refractivity contribution in [2.24, 2.45) is 5.92 Å². The highest BCUT2D eigenvalue weighted by Crippen LogP contribution is 2.40. The first-order valence-electron chi connectivity index (χ1n) is 10.6. The fourth-order valence-corrected chi connectivity index (χ4v) is 3.82. The van der Waals surface area contributed by atoms with Gasteiger partial charge in [-0.1, -0.05) is 51.1 Å². The summed E-state index contributed by atoms with van der Waals surface area (Å²) in [6.07, 6.45) is 3.46. The molecule has 2 aromatic carbocycles. The van der Waals surface area contributed by atoms with Crippen LogP contribution in [0.3, 0.4) is 0 Å². The summed E-state index contributed by atoms with van der Waals surface area (Å²) < 4.78 is 11.5. The molecule has 0 N–H and O–H groups in total. The average Bonchev–Trinajstić information content (AvgIpc) is 3.24. The van der Waals surface area contributed by atoms with E-state index in [9.17, 15) is 0 Å². The summed E-state index contributed by atoms with van der Waals surface area (Å²) in [4.78, 5) is 8.74. The Morgan fingerprint density at radius 2 is 1.61 bits per heavy atom. The van der Waals surface area contributed by atoms with Gasteiger partial charge >= 0.3 is 0 Å². The van der Waals surface area contributed by atoms with Gasteiger partial charge in [0.2, 0.25) is 5.89 Å². The standard InChI is InChI=1S/C27H28N2O2/c1-19(2)27(4,22-10-8-21(9-11-22)26-29-20(3)17-31-26)23-12-14-25(15-13-23)30-18-24-7-5-6-16-28-24/h5-17,19H,18H2,1-4H3. The maximum atomic E-state index is 5.91. The maximum absolute atomic E-state index is 5.91. The predicted molar refractivity (Wildman–Crippen MR) is 123 cm³/mol. The topological polar surface area (TPSA) is 48.2 Å². The fourth-order valence-electron chi connectivity index (χ4n) is 3.82. The molecule has 2 aromatic heterocycles. The third-order valence-electron chi connectivity index (χ3n) is 6.07. The SMILES string of the molecule is Cc1coc(-c2ccc(C(C)(c3ccc(OCc4ccccn4)cc3)C(C)C)cc2)n1. The van der Waals surface area contributed by atoms with Crippen LogP contribution in [-0.2, 0) is 12.0 Å². The Balaban J connectivity index is 1.55. The highest BCUT2D eigenvalue weighted by molar-refractivity contribution is 5.55. The zero-order valence-corrected chi connectivity index (χ0v) is 18.5. The summed E-state index contributed by atoms with van der Waals surface area (Å²) in [6.45, 7) is 9.21. The summed E-state index contributed by atoms with van der Waals surface area (Å²) >= 11 is 0. The molecule has 0 saturated heterocycles. The molecule has 1 unspecified atom stereocenters. The van der Waals surface area contributed by atoms with E-state index >= 15 is 0 Å². The minimum absolute atomic E-state index is 0.134. The van der Waals surface area contributed by atoms with Crippen molar-refractivity contribution in [3.63, 3.8) is 0 Å². The van der Waals surface area contributed by atoms with Crippen molar-refractivity contribution in [2.45, 2.75) is 39.7 Å². The maximum Gasteiger partial charge on any atom is 0.226 e. The molecule has 4 heteroatoms. The van der Waals surface area contributed by atoms with Crippen molar-refractivity contribution in [3.05, 3.63) is 102 Å². The number of pyridine rings is 1. The van der Waals surface area contributed by atoms with E-state index in [0.717, 1.165) is 22.7 Å². The molecule has 4 aromatic rings. The lowest BCUT2D eigenvalue weighted by atomic mass is 9.68. The summed E-state index contributed by atoms with van der Waals surface area (Å²) in [5.74, 6) is 1.91. The number of rotatable bonds is 7. The number of hydrogen-bond donors (Lipinski definition) is 0. The van der Waals surface area contributed by atoms with Gasteiger partial charge < -0.3 is 9.15 Å². The van der Waals surface area contributed by atoms with Crippen LogP contribution in [-0.4, -0.2) is 9.97 Å². The molecule has 0 aliphatic heterocycles. The second-order valence-electron chi connectivity index (χ2n) is 8.36. The zero-order valence-electron chi connectivity index (χ0n) is 18.5. The number of benzene rings is 2. The molecule has 0 fully saturated rings. The number of aromatic nitrogens is 2. The second kappa shape index (κ2) is 8.76. The lowest BCUT2D eigenvalue weighted by molar-refractivity contribution is 0.301. The minimum atomic E-state index is -0.134. The molecule has 158 valence electrons. The Kier molecular flexibility index (Phi) is 5.90. The third-order valence-corrected chi connectivity index (χ3v) is 6.07. The molecule has 31 heavy (non-hydrogen) atoms. The summed E-state index contributed by atoms with van der Waals surface area (Å²) in [6, 6.07) is 22.8. The molecule has 1 atom stereocenters. The van der Waals surface area contributed by atoms with E-state index in [1.54, 1.807) is 12.5 Å². The molecule has 0 spiro atoms. The van der Waals surface area contributed by atoms with E-state index in [2.05, 4.69) is 67.1 Å². The quantitative estimate of drug-likeness (QED) is 0.344. The van der Waals surface area contributed by atoms with Crippen LogP contribution in [0, 0.1) is 12.8 Å². The number of ether oxygens (including phenoxy) is 1. The van der Waals surface area contributed by atoms with Crippen LogP contribution in [0.5, 0.6) is 5.75 Å². The molecule has 4 rings (SSSR count). The summed E-state index contributed by atoms with van der Waals surface area (Å²) in [5.41, 5.74) is 5.17. The van der Waals surface area contributed by atoms with Gasteiger partial charge in [-0.25, -0.2) is 4.98 Å². The molecular weight excluding hydrogens is 384 g/mol. The first-order valence-corrected chi connectivity index (χ1v) is 10.6. The van der Waals surface area contributed by atoms with E-state index in [1.165, 1.54) is 11.1 Å². The van der Waals surface area contributed by atoms with Gasteiger partial charge in [0.05, 0.1) is 11.4 Å². The molecule has 0 aliphatic rings. The van der Waals surface area contributed by atoms with Crippen LogP contribution in [0.2, 0.25) is 0 Å². The van der Waals surface area contributed by atoms with E-state index in [-0.39, 0.29) is 5.41 Å². The molecule has 2 heterocycles. The van der Waals surface area contributed by atoms with Crippen LogP contribution >= 0.6 is 0 Å². The van der Waals surface area contributed by atoms with Crippen molar-refractivity contribution >= 4 is 0 Å². The Hall–Kier alpha value is -3.40. The highest BCUT2D eigenvalue weighted by atomic mass is 16.5. The van der Waals surface area contributed by atoms with E-state index < -0.39 is 0 Å². The van der Waals surface area contributed by atoms with E-state index in [1.807, 2.05) is 37.3 Å². The number of aryl methyl sites for hydroxylation is 1. The summed E-state index contributed by atoms with van der Waals surface area (Å²) in [5, 5.41) is 0. The van der Waals surface area contributed by atoms with Crippen molar-refractivity contribution in [1.82, 2.24) is 9.97 Å². The number of hydrogen-bond acceptors (Lipinski definition) is 4. The Labute approximate surface area is 184 Å². The van der Waals surface area contributed by atoms with Crippen molar-refractivity contribution in [2.75, 3.05) is 0 Å². The largest absolute Gasteiger partial charge is 0.487 e. The van der Waals surface area contributed by atoms with E-state index in [0.29, 0.717) is 18.4 Å². The number of nitrogens with zero attached hydrogens (tertiary/aromatic N) is 2. The second-order valence-corrected chi connectivity index (χ2v) is 8.36. The fraction of sp³-hybridized carbons (Fsp3) is 0.259. The number of oxazole rings is 1. The Bertz CT molecular complexity index is 1120. The smallest absolute Gasteiger partial charge is 0.226 e. The van der Waals surface area contributed by atoms with Gasteiger partial charge in [-0.15, -0.1) is 0 Å². The minimum Gasteiger partial charge on any atom is -0.487 e. The van der Waals surface area contributed by atoms with Crippen LogP contribution in [0.1, 0.15) is 43.3 Å². The van der Waals surface area contributed by atoms with Gasteiger partial charge in [-0.3, -0.25) is 4.98 Å². The normalized spacial score (nSPS) is 13.2. The third kappa shape index (κ3) is 4.38. The first-order chi connectivity index (χ1) is 15.0. The summed E-state index contributed by atoms with van der Waals surface area (Å²) in [7, 11) is 0. The first kappa shape index (κ1) is 20.9. The molecule has 0 saturated carbocycles. The molecule has 4 nitrogen and oxygen atoms in total. The van der Waals surface area contributed by atoms with E-state index in [4.69, 9.17) is 9.15 Å². The van der Waals surface area contributed by atoms with Gasteiger partial charge in [0.1, 0.15) is 18.6 Å².